The lowest BCUT2D eigenvalue weighted by Crippen LogP contribution is -2.32. The van der Waals surface area contributed by atoms with Gasteiger partial charge in [0.25, 0.3) is 11.7 Å². The Kier molecular flexibility index (Phi) is 9.94. The Labute approximate surface area is 214 Å². The normalized spacial score (nSPS) is 17.0. The van der Waals surface area contributed by atoms with E-state index in [9.17, 15) is 14.7 Å². The topological polar surface area (TPSA) is 79.3 Å². The molecule has 0 radical (unpaired) electrons. The molecule has 0 aromatic heterocycles. The second-order valence-corrected chi connectivity index (χ2v) is 8.83. The van der Waals surface area contributed by atoms with Gasteiger partial charge in [0.1, 0.15) is 11.5 Å². The Hall–Kier alpha value is -3.32. The molecule has 1 aliphatic rings. The number of ketones is 1. The van der Waals surface area contributed by atoms with E-state index in [0.717, 1.165) is 43.6 Å². The van der Waals surface area contributed by atoms with E-state index in [4.69, 9.17) is 9.47 Å². The van der Waals surface area contributed by atoms with Gasteiger partial charge < -0.3 is 24.4 Å². The van der Waals surface area contributed by atoms with Crippen LogP contribution in [0.3, 0.4) is 0 Å². The minimum Gasteiger partial charge on any atom is -0.507 e. The van der Waals surface area contributed by atoms with Crippen LogP contribution in [-0.2, 0) is 14.3 Å². The van der Waals surface area contributed by atoms with Gasteiger partial charge in [0.05, 0.1) is 24.8 Å². The molecule has 3 rings (SSSR count). The van der Waals surface area contributed by atoms with Crippen molar-refractivity contribution >= 4 is 23.1 Å². The monoisotopic (exact) mass is 494 g/mol. The SMILES string of the molecule is CCCCCOc1ccc(/C(O)=C2/C(=O)C(=O)N(CCOC)C2c2ccc(N(CC)CC)cc2)cc1. The molecule has 1 saturated heterocycles. The number of rotatable bonds is 13. The second-order valence-electron chi connectivity index (χ2n) is 8.83. The molecule has 2 aromatic rings. The summed E-state index contributed by atoms with van der Waals surface area (Å²) >= 11 is 0. The molecule has 7 heteroatoms. The highest BCUT2D eigenvalue weighted by atomic mass is 16.5. The third-order valence-corrected chi connectivity index (χ3v) is 6.56. The van der Waals surface area contributed by atoms with Gasteiger partial charge in [-0.1, -0.05) is 31.9 Å². The summed E-state index contributed by atoms with van der Waals surface area (Å²) in [7, 11) is 1.55. The van der Waals surface area contributed by atoms with E-state index in [-0.39, 0.29) is 24.5 Å². The zero-order valence-corrected chi connectivity index (χ0v) is 21.8. The van der Waals surface area contributed by atoms with Crippen LogP contribution < -0.4 is 9.64 Å². The van der Waals surface area contributed by atoms with Crippen molar-refractivity contribution in [3.05, 3.63) is 65.2 Å². The number of amides is 1. The minimum atomic E-state index is -0.698. The molecule has 1 unspecified atom stereocenters. The number of carbonyl (C=O) groups is 2. The van der Waals surface area contributed by atoms with E-state index in [1.54, 1.807) is 31.4 Å². The van der Waals surface area contributed by atoms with Crippen LogP contribution in [0, 0.1) is 0 Å². The molecule has 0 bridgehead atoms. The highest BCUT2D eigenvalue weighted by Crippen LogP contribution is 2.39. The zero-order chi connectivity index (χ0) is 26.1. The lowest BCUT2D eigenvalue weighted by atomic mass is 9.95. The Balaban J connectivity index is 1.96. The second kappa shape index (κ2) is 13.1. The number of ether oxygens (including phenoxy) is 2. The van der Waals surface area contributed by atoms with Crippen LogP contribution in [0.15, 0.2) is 54.1 Å². The summed E-state index contributed by atoms with van der Waals surface area (Å²) in [6.07, 6.45) is 3.21. The number of anilines is 1. The van der Waals surface area contributed by atoms with Crippen LogP contribution in [0.2, 0.25) is 0 Å². The van der Waals surface area contributed by atoms with E-state index in [2.05, 4.69) is 25.7 Å². The number of hydrogen-bond acceptors (Lipinski definition) is 6. The Bertz CT molecular complexity index is 1040. The molecule has 7 nitrogen and oxygen atoms in total. The fourth-order valence-corrected chi connectivity index (χ4v) is 4.51. The third kappa shape index (κ3) is 6.08. The molecule has 194 valence electrons. The molecule has 1 N–H and O–H groups in total. The lowest BCUT2D eigenvalue weighted by molar-refractivity contribution is -0.140. The smallest absolute Gasteiger partial charge is 0.295 e. The molecule has 36 heavy (non-hydrogen) atoms. The maximum Gasteiger partial charge on any atom is 0.295 e. The molecular formula is C29H38N2O5. The van der Waals surface area contributed by atoms with Crippen LogP contribution >= 0.6 is 0 Å². The van der Waals surface area contributed by atoms with Gasteiger partial charge in [-0.15, -0.1) is 0 Å². The van der Waals surface area contributed by atoms with Crippen molar-refractivity contribution in [3.63, 3.8) is 0 Å². The molecule has 1 atom stereocenters. The molecule has 0 saturated carbocycles. The van der Waals surface area contributed by atoms with Crippen molar-refractivity contribution in [2.24, 2.45) is 0 Å². The summed E-state index contributed by atoms with van der Waals surface area (Å²) in [5.41, 5.74) is 2.37. The first kappa shape index (κ1) is 27.3. The average molecular weight is 495 g/mol. The molecule has 1 aliphatic heterocycles. The van der Waals surface area contributed by atoms with E-state index in [1.807, 2.05) is 24.3 Å². The van der Waals surface area contributed by atoms with Gasteiger partial charge in [0.2, 0.25) is 0 Å². The van der Waals surface area contributed by atoms with Gasteiger partial charge in [0, 0.05) is 38.0 Å². The summed E-state index contributed by atoms with van der Waals surface area (Å²) in [6.45, 7) is 9.24. The van der Waals surface area contributed by atoms with Crippen molar-refractivity contribution in [3.8, 4) is 5.75 Å². The molecule has 1 amide bonds. The predicted octanol–water partition coefficient (Wildman–Crippen LogP) is 5.17. The Morgan fingerprint density at radius 3 is 2.19 bits per heavy atom. The number of benzene rings is 2. The fraction of sp³-hybridized carbons (Fsp3) is 0.448. The van der Waals surface area contributed by atoms with Crippen LogP contribution in [0.25, 0.3) is 5.76 Å². The Morgan fingerprint density at radius 1 is 0.944 bits per heavy atom. The first-order valence-corrected chi connectivity index (χ1v) is 12.8. The van der Waals surface area contributed by atoms with Crippen LogP contribution in [0.1, 0.15) is 57.2 Å². The number of aliphatic hydroxyl groups excluding tert-OH is 1. The van der Waals surface area contributed by atoms with Crippen molar-refractivity contribution in [1.82, 2.24) is 4.90 Å². The summed E-state index contributed by atoms with van der Waals surface area (Å²) < 4.78 is 11.0. The van der Waals surface area contributed by atoms with Crippen molar-refractivity contribution in [2.75, 3.05) is 44.9 Å². The highest BCUT2D eigenvalue weighted by Gasteiger charge is 2.45. The van der Waals surface area contributed by atoms with Gasteiger partial charge in [-0.05, 0) is 62.2 Å². The van der Waals surface area contributed by atoms with Gasteiger partial charge in [-0.25, -0.2) is 0 Å². The first-order chi connectivity index (χ1) is 17.5. The predicted molar refractivity (Wildman–Crippen MR) is 142 cm³/mol. The molecular weight excluding hydrogens is 456 g/mol. The van der Waals surface area contributed by atoms with Crippen LogP contribution in [0.5, 0.6) is 5.75 Å². The summed E-state index contributed by atoms with van der Waals surface area (Å²) in [6, 6.07) is 14.1. The number of aliphatic hydroxyl groups is 1. The number of likely N-dealkylation sites (tertiary alicyclic amines) is 1. The number of carbonyl (C=O) groups excluding carboxylic acids is 2. The molecule has 2 aromatic carbocycles. The molecule has 0 aliphatic carbocycles. The van der Waals surface area contributed by atoms with E-state index >= 15 is 0 Å². The number of unbranched alkanes of at least 4 members (excludes halogenated alkanes) is 2. The summed E-state index contributed by atoms with van der Waals surface area (Å²) in [4.78, 5) is 29.8. The maximum atomic E-state index is 13.1. The van der Waals surface area contributed by atoms with Crippen LogP contribution in [0.4, 0.5) is 5.69 Å². The minimum absolute atomic E-state index is 0.0864. The highest BCUT2D eigenvalue weighted by molar-refractivity contribution is 6.46. The van der Waals surface area contributed by atoms with E-state index in [0.29, 0.717) is 17.9 Å². The van der Waals surface area contributed by atoms with Gasteiger partial charge in [-0.3, -0.25) is 9.59 Å². The number of Topliss-reactive ketones (excluding diaryl/α,β-unsaturated/α-hetero) is 1. The van der Waals surface area contributed by atoms with Gasteiger partial charge in [-0.2, -0.15) is 0 Å². The summed E-state index contributed by atoms with van der Waals surface area (Å²) in [5.74, 6) is -0.820. The zero-order valence-electron chi connectivity index (χ0n) is 21.8. The summed E-state index contributed by atoms with van der Waals surface area (Å²) in [5, 5.41) is 11.2. The van der Waals surface area contributed by atoms with Crippen molar-refractivity contribution < 1.29 is 24.2 Å². The lowest BCUT2D eigenvalue weighted by Gasteiger charge is -2.26. The fourth-order valence-electron chi connectivity index (χ4n) is 4.51. The first-order valence-electron chi connectivity index (χ1n) is 12.8. The van der Waals surface area contributed by atoms with Crippen molar-refractivity contribution in [1.29, 1.82) is 0 Å². The largest absolute Gasteiger partial charge is 0.507 e. The average Bonchev–Trinajstić information content (AvgIpc) is 3.16. The Morgan fingerprint density at radius 2 is 1.61 bits per heavy atom. The quantitative estimate of drug-likeness (QED) is 0.179. The standard InChI is InChI=1S/C29H38N2O5/c1-5-8-9-19-36-24-16-12-22(13-17-24)27(32)25-26(31(18-20-35-4)29(34)28(25)33)21-10-14-23(15-11-21)30(6-2)7-3/h10-17,26,32H,5-9,18-20H2,1-4H3/b27-25-. The molecule has 1 heterocycles. The maximum absolute atomic E-state index is 13.1. The number of methoxy groups -OCH3 is 1. The van der Waals surface area contributed by atoms with Crippen molar-refractivity contribution in [2.45, 2.75) is 46.1 Å². The number of nitrogens with zero attached hydrogens (tertiary/aromatic N) is 2. The molecule has 0 spiro atoms. The molecule has 1 fully saturated rings. The third-order valence-electron chi connectivity index (χ3n) is 6.56. The van der Waals surface area contributed by atoms with Gasteiger partial charge >= 0.3 is 0 Å². The van der Waals surface area contributed by atoms with E-state index in [1.165, 1.54) is 4.90 Å². The van der Waals surface area contributed by atoms with E-state index < -0.39 is 17.7 Å². The van der Waals surface area contributed by atoms with Crippen LogP contribution in [-0.4, -0.2) is 61.7 Å². The van der Waals surface area contributed by atoms with Gasteiger partial charge in [0.15, 0.2) is 0 Å². The number of hydrogen-bond donors (Lipinski definition) is 1.